The van der Waals surface area contributed by atoms with Gasteiger partial charge in [0.2, 0.25) is 0 Å². The van der Waals surface area contributed by atoms with Gasteiger partial charge in [0.25, 0.3) is 0 Å². The molecule has 1 aromatic rings. The third-order valence-electron chi connectivity index (χ3n) is 4.16. The van der Waals surface area contributed by atoms with Crippen LogP contribution >= 0.6 is 23.1 Å². The molecule has 2 saturated heterocycles. The molecule has 17 heavy (non-hydrogen) atoms. The molecule has 3 heteroatoms. The van der Waals surface area contributed by atoms with Crippen LogP contribution in [-0.2, 0) is 5.54 Å². The molecule has 0 aromatic carbocycles. The lowest BCUT2D eigenvalue weighted by Crippen LogP contribution is -2.51. The van der Waals surface area contributed by atoms with Gasteiger partial charge in [-0.1, -0.05) is 12.5 Å². The van der Waals surface area contributed by atoms with Gasteiger partial charge < -0.3 is 0 Å². The van der Waals surface area contributed by atoms with Crippen molar-refractivity contribution >= 4 is 23.1 Å². The maximum absolute atomic E-state index is 2.80. The first-order chi connectivity index (χ1) is 8.42. The van der Waals surface area contributed by atoms with Crippen LogP contribution in [0.15, 0.2) is 17.5 Å². The molecule has 0 unspecified atom stereocenters. The number of hydrogen-bond acceptors (Lipinski definition) is 3. The second-order valence-corrected chi connectivity index (χ2v) is 7.27. The molecule has 2 fully saturated rings. The van der Waals surface area contributed by atoms with Gasteiger partial charge in [0.15, 0.2) is 0 Å². The summed E-state index contributed by atoms with van der Waals surface area (Å²) < 4.78 is 0. The van der Waals surface area contributed by atoms with Gasteiger partial charge in [-0.3, -0.25) is 4.90 Å². The van der Waals surface area contributed by atoms with Crippen molar-refractivity contribution in [2.45, 2.75) is 37.6 Å². The van der Waals surface area contributed by atoms with Gasteiger partial charge in [0.05, 0.1) is 5.54 Å². The minimum Gasteiger partial charge on any atom is -0.292 e. The molecule has 0 radical (unpaired) electrons. The van der Waals surface area contributed by atoms with E-state index < -0.39 is 0 Å². The summed E-state index contributed by atoms with van der Waals surface area (Å²) in [5.41, 5.74) is 0.386. The minimum absolute atomic E-state index is 0.386. The van der Waals surface area contributed by atoms with Crippen molar-refractivity contribution in [2.24, 2.45) is 0 Å². The Bertz CT molecular complexity index is 335. The summed E-state index contributed by atoms with van der Waals surface area (Å²) in [5.74, 6) is 2.68. The van der Waals surface area contributed by atoms with Crippen LogP contribution in [0, 0.1) is 0 Å². The first-order valence-corrected chi connectivity index (χ1v) is 8.82. The number of rotatable bonds is 2. The van der Waals surface area contributed by atoms with Crippen LogP contribution in [-0.4, -0.2) is 29.5 Å². The van der Waals surface area contributed by atoms with Crippen LogP contribution in [0.25, 0.3) is 0 Å². The summed E-state index contributed by atoms with van der Waals surface area (Å²) in [4.78, 5) is 4.42. The summed E-state index contributed by atoms with van der Waals surface area (Å²) in [6.45, 7) is 2.64. The maximum Gasteiger partial charge on any atom is 0.0645 e. The third kappa shape index (κ3) is 2.29. The lowest BCUT2D eigenvalue weighted by Gasteiger charge is -2.47. The Labute approximate surface area is 113 Å². The predicted octanol–water partition coefficient (Wildman–Crippen LogP) is 3.96. The number of thiophene rings is 1. The van der Waals surface area contributed by atoms with E-state index in [4.69, 9.17) is 0 Å². The van der Waals surface area contributed by atoms with Crippen LogP contribution < -0.4 is 0 Å². The zero-order valence-corrected chi connectivity index (χ0v) is 12.0. The van der Waals surface area contributed by atoms with Crippen molar-refractivity contribution in [1.82, 2.24) is 4.90 Å². The van der Waals surface area contributed by atoms with Crippen molar-refractivity contribution in [2.75, 3.05) is 24.6 Å². The van der Waals surface area contributed by atoms with Gasteiger partial charge in [0.1, 0.15) is 0 Å². The monoisotopic (exact) mass is 267 g/mol. The highest BCUT2D eigenvalue weighted by Gasteiger charge is 2.40. The Morgan fingerprint density at radius 1 is 1.12 bits per heavy atom. The fraction of sp³-hybridized carbons (Fsp3) is 0.714. The molecule has 2 aliphatic rings. The average Bonchev–Trinajstić information content (AvgIpc) is 2.95. The zero-order valence-electron chi connectivity index (χ0n) is 10.4. The second kappa shape index (κ2) is 5.33. The van der Waals surface area contributed by atoms with Crippen molar-refractivity contribution < 1.29 is 0 Å². The topological polar surface area (TPSA) is 3.24 Å². The molecule has 0 spiro atoms. The third-order valence-corrected chi connectivity index (χ3v) is 6.48. The van der Waals surface area contributed by atoms with Gasteiger partial charge in [-0.25, -0.2) is 0 Å². The van der Waals surface area contributed by atoms with Crippen molar-refractivity contribution in [3.63, 3.8) is 0 Å². The Hall–Kier alpha value is 0.01000. The van der Waals surface area contributed by atoms with E-state index in [0.29, 0.717) is 5.54 Å². The van der Waals surface area contributed by atoms with E-state index in [1.54, 1.807) is 4.88 Å². The lowest BCUT2D eigenvalue weighted by molar-refractivity contribution is 0.0750. The van der Waals surface area contributed by atoms with Crippen LogP contribution in [0.4, 0.5) is 0 Å². The van der Waals surface area contributed by atoms with Crippen LogP contribution in [0.1, 0.15) is 37.0 Å². The second-order valence-electron chi connectivity index (χ2n) is 5.21. The average molecular weight is 267 g/mol. The van der Waals surface area contributed by atoms with Crippen LogP contribution in [0.2, 0.25) is 0 Å². The molecule has 3 rings (SSSR count). The number of hydrogen-bond donors (Lipinski definition) is 0. The van der Waals surface area contributed by atoms with Crippen molar-refractivity contribution in [3.8, 4) is 0 Å². The van der Waals surface area contributed by atoms with E-state index in [-0.39, 0.29) is 0 Å². The molecular weight excluding hydrogens is 246 g/mol. The molecule has 0 N–H and O–H groups in total. The van der Waals surface area contributed by atoms with Gasteiger partial charge in [0, 0.05) is 10.6 Å². The Kier molecular flexibility index (Phi) is 3.78. The fourth-order valence-electron chi connectivity index (χ4n) is 3.24. The molecule has 0 bridgehead atoms. The van der Waals surface area contributed by atoms with Gasteiger partial charge in [-0.05, 0) is 56.0 Å². The van der Waals surface area contributed by atoms with Gasteiger partial charge >= 0.3 is 0 Å². The quantitative estimate of drug-likeness (QED) is 0.798. The molecule has 0 amide bonds. The molecule has 3 heterocycles. The standard InChI is InChI=1S/C14H21NS2/c1-2-8-15(9-3-1)14(7-5-10-16-12-14)13-6-4-11-17-13/h4,6,11H,1-3,5,7-10,12H2/t14-/m0/s1. The number of piperidine rings is 1. The van der Waals surface area contributed by atoms with E-state index in [2.05, 4.69) is 34.2 Å². The van der Waals surface area contributed by atoms with E-state index >= 15 is 0 Å². The number of likely N-dealkylation sites (tertiary alicyclic amines) is 1. The number of nitrogens with zero attached hydrogens (tertiary/aromatic N) is 1. The smallest absolute Gasteiger partial charge is 0.0645 e. The van der Waals surface area contributed by atoms with Crippen molar-refractivity contribution in [1.29, 1.82) is 0 Å². The summed E-state index contributed by atoms with van der Waals surface area (Å²) in [5, 5.41) is 2.25. The van der Waals surface area contributed by atoms with Crippen LogP contribution in [0.5, 0.6) is 0 Å². The fourth-order valence-corrected chi connectivity index (χ4v) is 5.63. The van der Waals surface area contributed by atoms with E-state index in [9.17, 15) is 0 Å². The molecule has 1 atom stereocenters. The van der Waals surface area contributed by atoms with Gasteiger partial charge in [-0.2, -0.15) is 11.8 Å². The molecule has 0 aliphatic carbocycles. The zero-order chi connectivity index (χ0) is 11.6. The van der Waals surface area contributed by atoms with E-state index in [1.807, 2.05) is 11.3 Å². The molecule has 2 aliphatic heterocycles. The Morgan fingerprint density at radius 2 is 2.00 bits per heavy atom. The van der Waals surface area contributed by atoms with E-state index in [0.717, 1.165) is 0 Å². The minimum atomic E-state index is 0.386. The normalized spacial score (nSPS) is 31.5. The largest absolute Gasteiger partial charge is 0.292 e. The summed E-state index contributed by atoms with van der Waals surface area (Å²) in [6, 6.07) is 4.59. The lowest BCUT2D eigenvalue weighted by atomic mass is 9.89. The maximum atomic E-state index is 2.80. The Balaban J connectivity index is 1.89. The predicted molar refractivity (Wildman–Crippen MR) is 78.0 cm³/mol. The van der Waals surface area contributed by atoms with Gasteiger partial charge in [-0.15, -0.1) is 11.3 Å². The first kappa shape index (κ1) is 12.1. The van der Waals surface area contributed by atoms with E-state index in [1.165, 1.54) is 56.7 Å². The molecule has 0 saturated carbocycles. The Morgan fingerprint density at radius 3 is 2.65 bits per heavy atom. The first-order valence-electron chi connectivity index (χ1n) is 6.79. The molecule has 1 aromatic heterocycles. The molecular formula is C14H21NS2. The molecule has 94 valence electrons. The SMILES string of the molecule is c1csc([C@]2(N3CCCCC3)CCCSC2)c1. The summed E-state index contributed by atoms with van der Waals surface area (Å²) in [7, 11) is 0. The van der Waals surface area contributed by atoms with Crippen molar-refractivity contribution in [3.05, 3.63) is 22.4 Å². The summed E-state index contributed by atoms with van der Waals surface area (Å²) in [6.07, 6.45) is 7.00. The highest BCUT2D eigenvalue weighted by molar-refractivity contribution is 7.99. The summed E-state index contributed by atoms with van der Waals surface area (Å²) >= 11 is 4.13. The van der Waals surface area contributed by atoms with Crippen LogP contribution in [0.3, 0.4) is 0 Å². The number of thioether (sulfide) groups is 1. The molecule has 1 nitrogen and oxygen atoms in total. The highest BCUT2D eigenvalue weighted by atomic mass is 32.2. The highest BCUT2D eigenvalue weighted by Crippen LogP contribution is 2.43.